The summed E-state index contributed by atoms with van der Waals surface area (Å²) in [6.45, 7) is 2.08. The Hall–Kier alpha value is -2.10. The van der Waals surface area contributed by atoms with E-state index in [-0.39, 0.29) is 5.91 Å². The molecule has 1 heterocycles. The number of rotatable bonds is 4. The molecular formula is C16H18N2O2. The Balaban J connectivity index is 1.89. The fraction of sp³-hybridized carbons (Fsp3) is 0.375. The molecule has 0 aromatic heterocycles. The summed E-state index contributed by atoms with van der Waals surface area (Å²) < 4.78 is 5.31. The van der Waals surface area contributed by atoms with Gasteiger partial charge in [0.1, 0.15) is 17.3 Å². The summed E-state index contributed by atoms with van der Waals surface area (Å²) in [6.07, 6.45) is 5.00. The van der Waals surface area contributed by atoms with Crippen LogP contribution in [0, 0.1) is 5.92 Å². The Morgan fingerprint density at radius 3 is 2.90 bits per heavy atom. The SMILES string of the molecule is CCc1cc(/C=C2/N=C(C3CC3)NC2=O)ccc1OC. The number of nitrogens with zero attached hydrogens (tertiary/aromatic N) is 1. The summed E-state index contributed by atoms with van der Waals surface area (Å²) >= 11 is 0. The lowest BCUT2D eigenvalue weighted by atomic mass is 10.1. The molecule has 4 nitrogen and oxygen atoms in total. The highest BCUT2D eigenvalue weighted by molar-refractivity contribution is 6.15. The topological polar surface area (TPSA) is 50.7 Å². The van der Waals surface area contributed by atoms with Crippen LogP contribution in [0.3, 0.4) is 0 Å². The summed E-state index contributed by atoms with van der Waals surface area (Å²) in [5, 5.41) is 2.86. The van der Waals surface area contributed by atoms with E-state index < -0.39 is 0 Å². The highest BCUT2D eigenvalue weighted by atomic mass is 16.5. The lowest BCUT2D eigenvalue weighted by Gasteiger charge is -2.07. The Labute approximate surface area is 118 Å². The second-order valence-corrected chi connectivity index (χ2v) is 5.18. The first-order valence-corrected chi connectivity index (χ1v) is 6.99. The van der Waals surface area contributed by atoms with Crippen molar-refractivity contribution in [2.24, 2.45) is 10.9 Å². The second kappa shape index (κ2) is 5.12. The predicted molar refractivity (Wildman–Crippen MR) is 78.7 cm³/mol. The number of ether oxygens (including phenoxy) is 1. The van der Waals surface area contributed by atoms with Gasteiger partial charge in [-0.3, -0.25) is 4.79 Å². The first-order valence-electron chi connectivity index (χ1n) is 6.99. The van der Waals surface area contributed by atoms with Crippen molar-refractivity contribution in [3.63, 3.8) is 0 Å². The first kappa shape index (κ1) is 12.9. The Bertz CT molecular complexity index is 613. The number of amidine groups is 1. The van der Waals surface area contributed by atoms with Gasteiger partial charge in [0.25, 0.3) is 5.91 Å². The number of hydrogen-bond donors (Lipinski definition) is 1. The van der Waals surface area contributed by atoms with Crippen LogP contribution in [0.1, 0.15) is 30.9 Å². The van der Waals surface area contributed by atoms with E-state index in [0.717, 1.165) is 42.0 Å². The normalized spacial score (nSPS) is 20.0. The summed E-state index contributed by atoms with van der Waals surface area (Å²) in [6, 6.07) is 5.93. The maximum atomic E-state index is 11.9. The lowest BCUT2D eigenvalue weighted by Crippen LogP contribution is -2.25. The Morgan fingerprint density at radius 2 is 2.25 bits per heavy atom. The van der Waals surface area contributed by atoms with E-state index in [1.54, 1.807) is 7.11 Å². The van der Waals surface area contributed by atoms with E-state index in [9.17, 15) is 4.79 Å². The molecule has 0 unspecified atom stereocenters. The third kappa shape index (κ3) is 2.46. The minimum absolute atomic E-state index is 0.0965. The number of amides is 1. The fourth-order valence-corrected chi connectivity index (χ4v) is 2.36. The molecule has 0 atom stereocenters. The van der Waals surface area contributed by atoms with E-state index in [0.29, 0.717) is 11.6 Å². The number of carbonyl (C=O) groups is 1. The lowest BCUT2D eigenvalue weighted by molar-refractivity contribution is -0.115. The maximum absolute atomic E-state index is 11.9. The van der Waals surface area contributed by atoms with Crippen LogP contribution in [0.25, 0.3) is 6.08 Å². The van der Waals surface area contributed by atoms with Crippen LogP contribution in [-0.4, -0.2) is 18.9 Å². The third-order valence-electron chi connectivity index (χ3n) is 3.67. The number of carbonyl (C=O) groups excluding carboxylic acids is 1. The average Bonchev–Trinajstić information content (AvgIpc) is 3.25. The molecule has 1 aliphatic carbocycles. The summed E-state index contributed by atoms with van der Waals surface area (Å²) in [7, 11) is 1.67. The molecule has 0 bridgehead atoms. The van der Waals surface area contributed by atoms with Crippen molar-refractivity contribution < 1.29 is 9.53 Å². The highest BCUT2D eigenvalue weighted by Gasteiger charge is 2.33. The van der Waals surface area contributed by atoms with Gasteiger partial charge in [0.05, 0.1) is 7.11 Å². The number of nitrogens with one attached hydrogen (secondary N) is 1. The van der Waals surface area contributed by atoms with Gasteiger partial charge in [-0.1, -0.05) is 13.0 Å². The number of benzene rings is 1. The fourth-order valence-electron chi connectivity index (χ4n) is 2.36. The maximum Gasteiger partial charge on any atom is 0.275 e. The minimum atomic E-state index is -0.0965. The van der Waals surface area contributed by atoms with Gasteiger partial charge in [-0.2, -0.15) is 0 Å². The van der Waals surface area contributed by atoms with Crippen molar-refractivity contribution in [2.45, 2.75) is 26.2 Å². The zero-order valence-electron chi connectivity index (χ0n) is 11.8. The van der Waals surface area contributed by atoms with E-state index >= 15 is 0 Å². The summed E-state index contributed by atoms with van der Waals surface area (Å²) in [5.74, 6) is 2.09. The van der Waals surface area contributed by atoms with Crippen LogP contribution in [0.2, 0.25) is 0 Å². The third-order valence-corrected chi connectivity index (χ3v) is 3.67. The first-order chi connectivity index (χ1) is 9.71. The van der Waals surface area contributed by atoms with Gasteiger partial charge in [-0.25, -0.2) is 4.99 Å². The van der Waals surface area contributed by atoms with Crippen molar-refractivity contribution in [3.05, 3.63) is 35.0 Å². The zero-order chi connectivity index (χ0) is 14.1. The van der Waals surface area contributed by atoms with Crippen LogP contribution in [0.5, 0.6) is 5.75 Å². The van der Waals surface area contributed by atoms with E-state index in [1.165, 1.54) is 0 Å². The van der Waals surface area contributed by atoms with Crippen molar-refractivity contribution in [1.29, 1.82) is 0 Å². The summed E-state index contributed by atoms with van der Waals surface area (Å²) in [4.78, 5) is 16.3. The number of hydrogen-bond acceptors (Lipinski definition) is 3. The monoisotopic (exact) mass is 270 g/mol. The smallest absolute Gasteiger partial charge is 0.275 e. The van der Waals surface area contributed by atoms with Gasteiger partial charge in [-0.05, 0) is 48.6 Å². The summed E-state index contributed by atoms with van der Waals surface area (Å²) in [5.41, 5.74) is 2.61. The number of aryl methyl sites for hydroxylation is 1. The zero-order valence-corrected chi connectivity index (χ0v) is 11.8. The molecule has 1 aromatic rings. The van der Waals surface area contributed by atoms with E-state index in [2.05, 4.69) is 17.2 Å². The van der Waals surface area contributed by atoms with Crippen LogP contribution < -0.4 is 10.1 Å². The second-order valence-electron chi connectivity index (χ2n) is 5.18. The molecule has 20 heavy (non-hydrogen) atoms. The van der Waals surface area contributed by atoms with Crippen molar-refractivity contribution in [1.82, 2.24) is 5.32 Å². The predicted octanol–water partition coefficient (Wildman–Crippen LogP) is 2.54. The molecule has 3 rings (SSSR count). The van der Waals surface area contributed by atoms with Crippen LogP contribution in [-0.2, 0) is 11.2 Å². The largest absolute Gasteiger partial charge is 0.496 e. The molecule has 1 fully saturated rings. The number of aliphatic imine (C=N–C) groups is 1. The molecule has 2 aliphatic rings. The van der Waals surface area contributed by atoms with E-state index in [4.69, 9.17) is 4.74 Å². The van der Waals surface area contributed by atoms with Crippen LogP contribution in [0.4, 0.5) is 0 Å². The van der Waals surface area contributed by atoms with Crippen molar-refractivity contribution >= 4 is 17.8 Å². The molecule has 4 heteroatoms. The van der Waals surface area contributed by atoms with Gasteiger partial charge in [-0.15, -0.1) is 0 Å². The molecular weight excluding hydrogens is 252 g/mol. The molecule has 0 radical (unpaired) electrons. The van der Waals surface area contributed by atoms with Gasteiger partial charge in [0.2, 0.25) is 0 Å². The van der Waals surface area contributed by atoms with Gasteiger partial charge in [0.15, 0.2) is 0 Å². The molecule has 1 N–H and O–H groups in total. The van der Waals surface area contributed by atoms with Gasteiger partial charge in [0, 0.05) is 5.92 Å². The highest BCUT2D eigenvalue weighted by Crippen LogP contribution is 2.32. The Kier molecular flexibility index (Phi) is 3.30. The minimum Gasteiger partial charge on any atom is -0.496 e. The molecule has 1 aromatic carbocycles. The van der Waals surface area contributed by atoms with Crippen molar-refractivity contribution in [3.8, 4) is 5.75 Å². The molecule has 1 amide bonds. The van der Waals surface area contributed by atoms with Gasteiger partial charge < -0.3 is 10.1 Å². The Morgan fingerprint density at radius 1 is 1.45 bits per heavy atom. The molecule has 0 saturated heterocycles. The van der Waals surface area contributed by atoms with Crippen LogP contribution >= 0.6 is 0 Å². The molecule has 104 valence electrons. The molecule has 1 saturated carbocycles. The molecule has 1 aliphatic heterocycles. The standard InChI is InChI=1S/C16H18N2O2/c1-3-11-8-10(4-7-14(11)20-2)9-13-16(19)18-15(17-13)12-5-6-12/h4,7-9,12H,3,5-6H2,1-2H3,(H,17,18,19)/b13-9+. The van der Waals surface area contributed by atoms with Gasteiger partial charge >= 0.3 is 0 Å². The van der Waals surface area contributed by atoms with E-state index in [1.807, 2.05) is 24.3 Å². The number of methoxy groups -OCH3 is 1. The quantitative estimate of drug-likeness (QED) is 0.855. The van der Waals surface area contributed by atoms with Crippen molar-refractivity contribution in [2.75, 3.05) is 7.11 Å². The van der Waals surface area contributed by atoms with Crippen LogP contribution in [0.15, 0.2) is 28.9 Å². The average molecular weight is 270 g/mol. The molecule has 0 spiro atoms.